The highest BCUT2D eigenvalue weighted by atomic mass is 16.6. The summed E-state index contributed by atoms with van der Waals surface area (Å²) in [7, 11) is 0. The number of carbonyl (C=O) groups is 1. The van der Waals surface area contributed by atoms with Crippen LogP contribution in [0.3, 0.4) is 0 Å². The molecule has 13 heavy (non-hydrogen) atoms. The fraction of sp³-hybridized carbons (Fsp3) is 0.300. The number of benzene rings is 1. The van der Waals surface area contributed by atoms with Gasteiger partial charge in [-0.1, -0.05) is 13.0 Å². The SMILES string of the molecule is CCc1ccc(ON)cc1C(C)=O. The highest BCUT2D eigenvalue weighted by Crippen LogP contribution is 2.18. The topological polar surface area (TPSA) is 52.3 Å². The number of rotatable bonds is 3. The quantitative estimate of drug-likeness (QED) is 0.567. The molecule has 70 valence electrons. The molecular formula is C10H13NO2. The average Bonchev–Trinajstić information content (AvgIpc) is 2.16. The van der Waals surface area contributed by atoms with Crippen LogP contribution in [0.1, 0.15) is 29.8 Å². The van der Waals surface area contributed by atoms with Crippen LogP contribution in [0, 0.1) is 0 Å². The third-order valence-corrected chi connectivity index (χ3v) is 1.98. The number of Topliss-reactive ketones (excluding diaryl/α,β-unsaturated/α-hetero) is 1. The van der Waals surface area contributed by atoms with Gasteiger partial charge in [0.25, 0.3) is 0 Å². The summed E-state index contributed by atoms with van der Waals surface area (Å²) in [6.07, 6.45) is 0.833. The maximum absolute atomic E-state index is 11.2. The Hall–Kier alpha value is -1.35. The highest BCUT2D eigenvalue weighted by molar-refractivity contribution is 5.95. The van der Waals surface area contributed by atoms with Crippen molar-refractivity contribution in [2.45, 2.75) is 20.3 Å². The van der Waals surface area contributed by atoms with Gasteiger partial charge >= 0.3 is 0 Å². The molecule has 0 saturated carbocycles. The normalized spacial score (nSPS) is 9.77. The van der Waals surface area contributed by atoms with E-state index in [1.54, 1.807) is 12.1 Å². The second-order valence-electron chi connectivity index (χ2n) is 2.85. The zero-order chi connectivity index (χ0) is 9.84. The van der Waals surface area contributed by atoms with E-state index in [2.05, 4.69) is 4.84 Å². The molecule has 0 bridgehead atoms. The van der Waals surface area contributed by atoms with E-state index >= 15 is 0 Å². The van der Waals surface area contributed by atoms with Crippen molar-refractivity contribution in [1.29, 1.82) is 0 Å². The molecule has 3 heteroatoms. The Morgan fingerprint density at radius 1 is 1.54 bits per heavy atom. The molecule has 0 aliphatic rings. The van der Waals surface area contributed by atoms with E-state index in [-0.39, 0.29) is 5.78 Å². The maximum Gasteiger partial charge on any atom is 0.160 e. The Kier molecular flexibility index (Phi) is 3.03. The van der Waals surface area contributed by atoms with Gasteiger partial charge in [0, 0.05) is 5.56 Å². The number of aryl methyl sites for hydroxylation is 1. The van der Waals surface area contributed by atoms with E-state index in [4.69, 9.17) is 5.90 Å². The fourth-order valence-electron chi connectivity index (χ4n) is 1.26. The van der Waals surface area contributed by atoms with Crippen LogP contribution in [0.2, 0.25) is 0 Å². The minimum Gasteiger partial charge on any atom is -0.412 e. The van der Waals surface area contributed by atoms with Crippen LogP contribution in [-0.2, 0) is 6.42 Å². The predicted octanol–water partition coefficient (Wildman–Crippen LogP) is 1.70. The highest BCUT2D eigenvalue weighted by Gasteiger charge is 2.06. The van der Waals surface area contributed by atoms with Crippen LogP contribution in [0.4, 0.5) is 0 Å². The van der Waals surface area contributed by atoms with Gasteiger partial charge in [-0.25, -0.2) is 0 Å². The van der Waals surface area contributed by atoms with Gasteiger partial charge < -0.3 is 4.84 Å². The fourth-order valence-corrected chi connectivity index (χ4v) is 1.26. The van der Waals surface area contributed by atoms with E-state index in [0.29, 0.717) is 11.3 Å². The molecule has 0 saturated heterocycles. The molecule has 1 aromatic rings. The summed E-state index contributed by atoms with van der Waals surface area (Å²) in [6.45, 7) is 3.54. The Morgan fingerprint density at radius 3 is 2.69 bits per heavy atom. The molecule has 0 aliphatic heterocycles. The van der Waals surface area contributed by atoms with Crippen LogP contribution in [0.5, 0.6) is 5.75 Å². The third kappa shape index (κ3) is 2.06. The van der Waals surface area contributed by atoms with Crippen molar-refractivity contribution in [2.75, 3.05) is 0 Å². The summed E-state index contributed by atoms with van der Waals surface area (Å²) >= 11 is 0. The second kappa shape index (κ2) is 4.05. The molecule has 0 aliphatic carbocycles. The first-order valence-electron chi connectivity index (χ1n) is 4.19. The lowest BCUT2D eigenvalue weighted by atomic mass is 10.0. The molecular weight excluding hydrogens is 166 g/mol. The summed E-state index contributed by atoms with van der Waals surface area (Å²) in [5.74, 6) is 5.55. The van der Waals surface area contributed by atoms with Crippen molar-refractivity contribution in [3.05, 3.63) is 29.3 Å². The van der Waals surface area contributed by atoms with Crippen LogP contribution < -0.4 is 10.7 Å². The summed E-state index contributed by atoms with van der Waals surface area (Å²) in [4.78, 5) is 15.7. The van der Waals surface area contributed by atoms with Crippen molar-refractivity contribution in [3.63, 3.8) is 0 Å². The van der Waals surface area contributed by atoms with E-state index in [1.807, 2.05) is 13.0 Å². The van der Waals surface area contributed by atoms with Gasteiger partial charge in [0.2, 0.25) is 0 Å². The minimum absolute atomic E-state index is 0.0377. The van der Waals surface area contributed by atoms with Crippen molar-refractivity contribution >= 4 is 5.78 Å². The first kappa shape index (κ1) is 9.74. The zero-order valence-corrected chi connectivity index (χ0v) is 7.83. The Morgan fingerprint density at radius 2 is 2.23 bits per heavy atom. The lowest BCUT2D eigenvalue weighted by Gasteiger charge is -2.06. The molecule has 1 rings (SSSR count). The lowest BCUT2D eigenvalue weighted by Crippen LogP contribution is -2.05. The standard InChI is InChI=1S/C10H13NO2/c1-3-8-4-5-9(13-11)6-10(8)7(2)12/h4-6H,3,11H2,1-2H3. The van der Waals surface area contributed by atoms with E-state index in [1.165, 1.54) is 6.92 Å². The van der Waals surface area contributed by atoms with Gasteiger partial charge in [-0.2, -0.15) is 5.90 Å². The largest absolute Gasteiger partial charge is 0.412 e. The second-order valence-corrected chi connectivity index (χ2v) is 2.85. The van der Waals surface area contributed by atoms with E-state index in [0.717, 1.165) is 12.0 Å². The molecule has 0 heterocycles. The van der Waals surface area contributed by atoms with Gasteiger partial charge in [-0.05, 0) is 31.0 Å². The molecule has 0 amide bonds. The molecule has 0 fully saturated rings. The van der Waals surface area contributed by atoms with E-state index < -0.39 is 0 Å². The van der Waals surface area contributed by atoms with Crippen LogP contribution in [0.15, 0.2) is 18.2 Å². The minimum atomic E-state index is 0.0377. The number of hydrogen-bond donors (Lipinski definition) is 1. The first-order chi connectivity index (χ1) is 6.19. The summed E-state index contributed by atoms with van der Waals surface area (Å²) in [5.41, 5.74) is 1.71. The molecule has 0 unspecified atom stereocenters. The molecule has 0 spiro atoms. The van der Waals surface area contributed by atoms with Crippen LogP contribution in [-0.4, -0.2) is 5.78 Å². The van der Waals surface area contributed by atoms with Crippen molar-refractivity contribution in [3.8, 4) is 5.75 Å². The van der Waals surface area contributed by atoms with E-state index in [9.17, 15) is 4.79 Å². The molecule has 0 radical (unpaired) electrons. The first-order valence-corrected chi connectivity index (χ1v) is 4.19. The smallest absolute Gasteiger partial charge is 0.160 e. The van der Waals surface area contributed by atoms with Gasteiger partial charge in [-0.15, -0.1) is 0 Å². The van der Waals surface area contributed by atoms with Crippen LogP contribution >= 0.6 is 0 Å². The summed E-state index contributed by atoms with van der Waals surface area (Å²) in [6, 6.07) is 5.28. The van der Waals surface area contributed by atoms with Gasteiger partial charge in [0.05, 0.1) is 0 Å². The van der Waals surface area contributed by atoms with Gasteiger partial charge in [0.15, 0.2) is 5.78 Å². The monoisotopic (exact) mass is 179 g/mol. The maximum atomic E-state index is 11.2. The Bertz CT molecular complexity index is 321. The Balaban J connectivity index is 3.18. The van der Waals surface area contributed by atoms with Crippen molar-refractivity contribution in [1.82, 2.24) is 0 Å². The molecule has 0 atom stereocenters. The average molecular weight is 179 g/mol. The zero-order valence-electron chi connectivity index (χ0n) is 7.83. The van der Waals surface area contributed by atoms with Crippen LogP contribution in [0.25, 0.3) is 0 Å². The lowest BCUT2D eigenvalue weighted by molar-refractivity contribution is 0.101. The number of hydrogen-bond acceptors (Lipinski definition) is 3. The van der Waals surface area contributed by atoms with Gasteiger partial charge in [0.1, 0.15) is 5.75 Å². The van der Waals surface area contributed by atoms with Crippen molar-refractivity contribution in [2.24, 2.45) is 5.90 Å². The molecule has 0 aromatic heterocycles. The van der Waals surface area contributed by atoms with Crippen molar-refractivity contribution < 1.29 is 9.63 Å². The Labute approximate surface area is 77.5 Å². The number of nitrogens with two attached hydrogens (primary N) is 1. The summed E-state index contributed by atoms with van der Waals surface area (Å²) < 4.78 is 0. The van der Waals surface area contributed by atoms with Gasteiger partial charge in [-0.3, -0.25) is 4.79 Å². The number of carbonyl (C=O) groups excluding carboxylic acids is 1. The molecule has 1 aromatic carbocycles. The molecule has 2 N–H and O–H groups in total. The predicted molar refractivity (Wildman–Crippen MR) is 50.6 cm³/mol. The molecule has 3 nitrogen and oxygen atoms in total. The third-order valence-electron chi connectivity index (χ3n) is 1.98. The summed E-state index contributed by atoms with van der Waals surface area (Å²) in [5, 5.41) is 0. The number of ketones is 1.